The lowest BCUT2D eigenvalue weighted by Gasteiger charge is -2.18. The summed E-state index contributed by atoms with van der Waals surface area (Å²) in [4.78, 5) is 38.1. The van der Waals surface area contributed by atoms with Gasteiger partial charge >= 0.3 is 17.9 Å². The van der Waals surface area contributed by atoms with Crippen molar-refractivity contribution in [3.63, 3.8) is 0 Å². The van der Waals surface area contributed by atoms with Crippen molar-refractivity contribution in [1.29, 1.82) is 0 Å². The van der Waals surface area contributed by atoms with Gasteiger partial charge in [-0.05, 0) is 141 Å². The van der Waals surface area contributed by atoms with Crippen molar-refractivity contribution in [3.05, 3.63) is 146 Å². The van der Waals surface area contributed by atoms with Crippen LogP contribution in [0.5, 0.6) is 0 Å². The second-order valence-corrected chi connectivity index (χ2v) is 19.9. The van der Waals surface area contributed by atoms with E-state index in [1.54, 1.807) is 0 Å². The van der Waals surface area contributed by atoms with E-state index in [9.17, 15) is 14.4 Å². The molecule has 0 rings (SSSR count). The van der Waals surface area contributed by atoms with Crippen LogP contribution in [-0.2, 0) is 28.6 Å². The first-order valence-electron chi connectivity index (χ1n) is 30.8. The van der Waals surface area contributed by atoms with Crippen molar-refractivity contribution in [3.8, 4) is 0 Å². The van der Waals surface area contributed by atoms with Gasteiger partial charge in [0.1, 0.15) is 13.2 Å². The lowest BCUT2D eigenvalue weighted by atomic mass is 10.1. The van der Waals surface area contributed by atoms with Gasteiger partial charge in [-0.15, -0.1) is 0 Å². The van der Waals surface area contributed by atoms with Gasteiger partial charge < -0.3 is 14.2 Å². The van der Waals surface area contributed by atoms with Gasteiger partial charge in [-0.2, -0.15) is 0 Å². The Hall–Kier alpha value is -4.71. The van der Waals surface area contributed by atoms with Gasteiger partial charge in [0.25, 0.3) is 0 Å². The SMILES string of the molecule is CC/C=C\C/C=C\C/C=C\C/C=C\C/C=C\C/C=C\C/C=C\C/C=C\C/C=C\C/C=C\CCCCCCC(=O)OCC(COC(=O)CCCCCCC/C=C\CCC)OC(=O)CCCCCCC/C=C\CCCCCC. The fourth-order valence-electron chi connectivity index (χ4n) is 7.94. The molecule has 0 N–H and O–H groups in total. The normalized spacial score (nSPS) is 13.1. The zero-order valence-corrected chi connectivity index (χ0v) is 49.0. The summed E-state index contributed by atoms with van der Waals surface area (Å²) < 4.78 is 16.8. The van der Waals surface area contributed by atoms with Crippen molar-refractivity contribution < 1.29 is 28.6 Å². The van der Waals surface area contributed by atoms with Gasteiger partial charge in [0.2, 0.25) is 0 Å². The topological polar surface area (TPSA) is 78.9 Å². The highest BCUT2D eigenvalue weighted by Crippen LogP contribution is 2.13. The summed E-state index contributed by atoms with van der Waals surface area (Å²) in [7, 11) is 0. The van der Waals surface area contributed by atoms with Crippen LogP contribution in [0, 0.1) is 0 Å². The van der Waals surface area contributed by atoms with Crippen LogP contribution in [0.25, 0.3) is 0 Å². The smallest absolute Gasteiger partial charge is 0.306 e. The Morgan fingerprint density at radius 3 is 0.868 bits per heavy atom. The number of hydrogen-bond acceptors (Lipinski definition) is 6. The maximum Gasteiger partial charge on any atom is 0.306 e. The molecule has 0 bridgehead atoms. The van der Waals surface area contributed by atoms with Crippen molar-refractivity contribution in [2.24, 2.45) is 0 Å². The Bertz CT molecular complexity index is 1680. The quantitative estimate of drug-likeness (QED) is 0.0261. The minimum Gasteiger partial charge on any atom is -0.462 e. The standard InChI is InChI=1S/C70H112O6/c1-4-7-10-13-16-19-22-24-25-26-27-28-29-30-31-32-33-34-35-36-37-38-39-40-41-42-43-44-45-47-48-51-54-57-60-63-69(72)75-66-67(65-74-68(71)62-59-56-53-50-21-18-15-12-9-6-3)76-70(73)64-61-58-55-52-49-46-23-20-17-14-11-8-5-2/h7,10,12,15-16,19-20,23-25,27-28,30-31,33-34,36-37,39-40,42-43,45,47,67H,4-6,8-9,11,13-14,17-18,21-22,26,29,32,35,38,41,44,46,48-66H2,1-3H3/b10-7-,15-12-,19-16-,23-20-,25-24-,28-27-,31-30-,34-33-,37-36-,40-39-,43-42-,47-45-. The summed E-state index contributed by atoms with van der Waals surface area (Å²) in [5.41, 5.74) is 0. The summed E-state index contributed by atoms with van der Waals surface area (Å²) in [5.74, 6) is -0.948. The van der Waals surface area contributed by atoms with E-state index in [0.29, 0.717) is 19.3 Å². The molecule has 0 aliphatic rings. The largest absolute Gasteiger partial charge is 0.462 e. The highest BCUT2D eigenvalue weighted by Gasteiger charge is 2.19. The van der Waals surface area contributed by atoms with E-state index >= 15 is 0 Å². The Morgan fingerprint density at radius 2 is 0.539 bits per heavy atom. The predicted octanol–water partition coefficient (Wildman–Crippen LogP) is 21.2. The van der Waals surface area contributed by atoms with Gasteiger partial charge in [0.15, 0.2) is 6.10 Å². The lowest BCUT2D eigenvalue weighted by molar-refractivity contribution is -0.167. The first kappa shape index (κ1) is 71.3. The Kier molecular flexibility index (Phi) is 58.9. The molecule has 0 aliphatic carbocycles. The molecule has 6 heteroatoms. The van der Waals surface area contributed by atoms with Crippen LogP contribution in [0.2, 0.25) is 0 Å². The van der Waals surface area contributed by atoms with E-state index in [-0.39, 0.29) is 31.1 Å². The third-order valence-corrected chi connectivity index (χ3v) is 12.5. The average Bonchev–Trinajstić information content (AvgIpc) is 3.42. The third kappa shape index (κ3) is 60.2. The van der Waals surface area contributed by atoms with E-state index < -0.39 is 6.10 Å². The first-order valence-corrected chi connectivity index (χ1v) is 30.8. The van der Waals surface area contributed by atoms with Crippen LogP contribution in [0.4, 0.5) is 0 Å². The Morgan fingerprint density at radius 1 is 0.276 bits per heavy atom. The van der Waals surface area contributed by atoms with E-state index in [0.717, 1.165) is 167 Å². The fraction of sp³-hybridized carbons (Fsp3) is 0.614. The van der Waals surface area contributed by atoms with Crippen molar-refractivity contribution in [2.45, 2.75) is 264 Å². The molecular weight excluding hydrogens is 937 g/mol. The molecule has 0 aliphatic heterocycles. The molecule has 0 amide bonds. The Labute approximate surface area is 467 Å². The van der Waals surface area contributed by atoms with Crippen LogP contribution in [0.15, 0.2) is 146 Å². The van der Waals surface area contributed by atoms with E-state index in [1.807, 2.05) is 0 Å². The summed E-state index contributed by atoms with van der Waals surface area (Å²) in [6.45, 7) is 6.40. The van der Waals surface area contributed by atoms with E-state index in [1.165, 1.54) is 51.4 Å². The molecule has 0 aromatic rings. The lowest BCUT2D eigenvalue weighted by Crippen LogP contribution is -2.30. The number of esters is 3. The average molecular weight is 1050 g/mol. The molecule has 0 fully saturated rings. The molecule has 0 radical (unpaired) electrons. The maximum absolute atomic E-state index is 12.8. The number of hydrogen-bond donors (Lipinski definition) is 0. The second-order valence-electron chi connectivity index (χ2n) is 19.9. The minimum absolute atomic E-state index is 0.0977. The number of unbranched alkanes of at least 4 members (excludes halogenated alkanes) is 19. The third-order valence-electron chi connectivity index (χ3n) is 12.5. The first-order chi connectivity index (χ1) is 37.5. The number of carbonyl (C=O) groups is 3. The Balaban J connectivity index is 4.26. The zero-order valence-electron chi connectivity index (χ0n) is 49.0. The highest BCUT2D eigenvalue weighted by atomic mass is 16.6. The maximum atomic E-state index is 12.8. The van der Waals surface area contributed by atoms with Crippen LogP contribution in [-0.4, -0.2) is 37.2 Å². The zero-order chi connectivity index (χ0) is 55.0. The molecule has 0 saturated carbocycles. The molecule has 0 heterocycles. The molecule has 6 nitrogen and oxygen atoms in total. The predicted molar refractivity (Wildman–Crippen MR) is 329 cm³/mol. The van der Waals surface area contributed by atoms with Crippen LogP contribution >= 0.6 is 0 Å². The number of ether oxygens (including phenoxy) is 3. The van der Waals surface area contributed by atoms with Gasteiger partial charge in [0.05, 0.1) is 0 Å². The fourth-order valence-corrected chi connectivity index (χ4v) is 7.94. The van der Waals surface area contributed by atoms with Gasteiger partial charge in [0, 0.05) is 19.3 Å². The summed E-state index contributed by atoms with van der Waals surface area (Å²) in [5, 5.41) is 0. The molecule has 428 valence electrons. The molecule has 1 atom stereocenters. The summed E-state index contributed by atoms with van der Waals surface area (Å²) in [6, 6.07) is 0. The molecule has 0 spiro atoms. The van der Waals surface area contributed by atoms with Gasteiger partial charge in [-0.3, -0.25) is 14.4 Å². The number of allylic oxidation sites excluding steroid dienone is 24. The number of rotatable bonds is 54. The second kappa shape index (κ2) is 62.8. The summed E-state index contributed by atoms with van der Waals surface area (Å²) in [6.07, 6.45) is 90.0. The van der Waals surface area contributed by atoms with Crippen molar-refractivity contribution >= 4 is 17.9 Å². The van der Waals surface area contributed by atoms with Crippen LogP contribution in [0.1, 0.15) is 258 Å². The van der Waals surface area contributed by atoms with Crippen molar-refractivity contribution in [2.75, 3.05) is 13.2 Å². The van der Waals surface area contributed by atoms with Crippen LogP contribution < -0.4 is 0 Å². The van der Waals surface area contributed by atoms with E-state index in [4.69, 9.17) is 14.2 Å². The monoisotopic (exact) mass is 1050 g/mol. The van der Waals surface area contributed by atoms with Gasteiger partial charge in [-0.1, -0.05) is 244 Å². The summed E-state index contributed by atoms with van der Waals surface area (Å²) >= 11 is 0. The van der Waals surface area contributed by atoms with E-state index in [2.05, 4.69) is 167 Å². The minimum atomic E-state index is -0.800. The highest BCUT2D eigenvalue weighted by molar-refractivity contribution is 5.71. The van der Waals surface area contributed by atoms with Gasteiger partial charge in [-0.25, -0.2) is 0 Å². The molecule has 0 saturated heterocycles. The molecule has 0 aromatic carbocycles. The molecule has 76 heavy (non-hydrogen) atoms. The molecular formula is C70H112O6. The molecule has 1 unspecified atom stereocenters. The number of carbonyl (C=O) groups excluding carboxylic acids is 3. The van der Waals surface area contributed by atoms with Crippen LogP contribution in [0.3, 0.4) is 0 Å². The van der Waals surface area contributed by atoms with Crippen molar-refractivity contribution in [1.82, 2.24) is 0 Å². The molecule has 0 aromatic heterocycles.